The van der Waals surface area contributed by atoms with Crippen LogP contribution in [0.1, 0.15) is 31.4 Å². The molecule has 0 bridgehead atoms. The molecule has 1 aromatic carbocycles. The van der Waals surface area contributed by atoms with Gasteiger partial charge in [0.05, 0.1) is 0 Å². The zero-order valence-corrected chi connectivity index (χ0v) is 10.7. The second kappa shape index (κ2) is 6.16. The van der Waals surface area contributed by atoms with Gasteiger partial charge < -0.3 is 5.32 Å². The summed E-state index contributed by atoms with van der Waals surface area (Å²) in [7, 11) is 1.98. The fraction of sp³-hybridized carbons (Fsp3) is 0.333. The number of allylic oxidation sites excluding steroid dienone is 3. The van der Waals surface area contributed by atoms with Crippen molar-refractivity contribution in [2.24, 2.45) is 0 Å². The average molecular weight is 215 g/mol. The first-order valence-corrected chi connectivity index (χ1v) is 5.81. The van der Waals surface area contributed by atoms with E-state index in [1.54, 1.807) is 0 Å². The van der Waals surface area contributed by atoms with Gasteiger partial charge in [0.15, 0.2) is 0 Å². The molecule has 1 rings (SSSR count). The molecule has 0 atom stereocenters. The Balaban J connectivity index is 3.16. The quantitative estimate of drug-likeness (QED) is 0.751. The normalized spacial score (nSPS) is 12.8. The summed E-state index contributed by atoms with van der Waals surface area (Å²) in [5, 5.41) is 3.30. The van der Waals surface area contributed by atoms with Crippen LogP contribution >= 0.6 is 0 Å². The summed E-state index contributed by atoms with van der Waals surface area (Å²) in [4.78, 5) is 0. The fourth-order valence-corrected chi connectivity index (χ4v) is 1.78. The Labute approximate surface area is 98.9 Å². The molecule has 0 aliphatic carbocycles. The van der Waals surface area contributed by atoms with Crippen molar-refractivity contribution in [2.45, 2.75) is 27.2 Å². The van der Waals surface area contributed by atoms with E-state index in [0.717, 1.165) is 6.42 Å². The molecule has 1 N–H and O–H groups in total. The van der Waals surface area contributed by atoms with E-state index in [9.17, 15) is 0 Å². The lowest BCUT2D eigenvalue weighted by Crippen LogP contribution is -2.07. The fourth-order valence-electron chi connectivity index (χ4n) is 1.78. The van der Waals surface area contributed by atoms with Crippen molar-refractivity contribution < 1.29 is 0 Å². The zero-order chi connectivity index (χ0) is 12.0. The van der Waals surface area contributed by atoms with E-state index in [0.29, 0.717) is 0 Å². The summed E-state index contributed by atoms with van der Waals surface area (Å²) in [6.45, 7) is 6.44. The van der Waals surface area contributed by atoms with Gasteiger partial charge in [0.2, 0.25) is 0 Å². The number of hydrogen-bond donors (Lipinski definition) is 1. The minimum absolute atomic E-state index is 1.07. The van der Waals surface area contributed by atoms with Crippen molar-refractivity contribution >= 4 is 5.70 Å². The van der Waals surface area contributed by atoms with Crippen LogP contribution in [-0.2, 0) is 0 Å². The van der Waals surface area contributed by atoms with Gasteiger partial charge in [-0.25, -0.2) is 0 Å². The largest absolute Gasteiger partial charge is 0.387 e. The van der Waals surface area contributed by atoms with Gasteiger partial charge in [-0.15, -0.1) is 0 Å². The lowest BCUT2D eigenvalue weighted by Gasteiger charge is -2.12. The SMILES string of the molecule is CC/C=C\C(C)=C(/NC)c1ccccc1C. The highest BCUT2D eigenvalue weighted by Crippen LogP contribution is 2.20. The van der Waals surface area contributed by atoms with Gasteiger partial charge in [0.25, 0.3) is 0 Å². The standard InChI is InChI=1S/C15H21N/c1-5-6-9-13(3)15(16-4)14-11-8-7-10-12(14)2/h6-11,16H,5H2,1-4H3/b9-6-,15-13-. The first-order valence-electron chi connectivity index (χ1n) is 5.81. The van der Waals surface area contributed by atoms with Crippen molar-refractivity contribution in [1.82, 2.24) is 5.32 Å². The minimum Gasteiger partial charge on any atom is -0.387 e. The summed E-state index contributed by atoms with van der Waals surface area (Å²) in [5.41, 5.74) is 5.07. The molecule has 16 heavy (non-hydrogen) atoms. The number of aryl methyl sites for hydroxylation is 1. The van der Waals surface area contributed by atoms with Gasteiger partial charge in [-0.3, -0.25) is 0 Å². The van der Waals surface area contributed by atoms with Gasteiger partial charge in [-0.2, -0.15) is 0 Å². The summed E-state index contributed by atoms with van der Waals surface area (Å²) in [6.07, 6.45) is 5.44. The van der Waals surface area contributed by atoms with E-state index < -0.39 is 0 Å². The van der Waals surface area contributed by atoms with Crippen LogP contribution in [0.2, 0.25) is 0 Å². The van der Waals surface area contributed by atoms with Crippen molar-refractivity contribution in [3.8, 4) is 0 Å². The third-order valence-corrected chi connectivity index (χ3v) is 2.66. The average Bonchev–Trinajstić information content (AvgIpc) is 2.30. The monoisotopic (exact) mass is 215 g/mol. The maximum Gasteiger partial charge on any atom is 0.0443 e. The molecular weight excluding hydrogens is 194 g/mol. The Morgan fingerprint density at radius 3 is 2.56 bits per heavy atom. The van der Waals surface area contributed by atoms with Gasteiger partial charge in [-0.1, -0.05) is 43.3 Å². The van der Waals surface area contributed by atoms with Crippen LogP contribution in [0, 0.1) is 6.92 Å². The smallest absolute Gasteiger partial charge is 0.0443 e. The maximum absolute atomic E-state index is 3.30. The molecule has 0 saturated heterocycles. The molecule has 0 amide bonds. The third kappa shape index (κ3) is 2.99. The summed E-state index contributed by atoms with van der Waals surface area (Å²) in [6, 6.07) is 8.45. The van der Waals surface area contributed by atoms with E-state index in [-0.39, 0.29) is 0 Å². The molecule has 0 aliphatic heterocycles. The molecule has 0 unspecified atom stereocenters. The van der Waals surface area contributed by atoms with Gasteiger partial charge >= 0.3 is 0 Å². The van der Waals surface area contributed by atoms with Crippen LogP contribution in [0.15, 0.2) is 42.0 Å². The second-order valence-corrected chi connectivity index (χ2v) is 3.93. The molecule has 1 nitrogen and oxygen atoms in total. The Bertz CT molecular complexity index is 400. The van der Waals surface area contributed by atoms with Crippen LogP contribution in [0.25, 0.3) is 5.70 Å². The molecule has 0 heterocycles. The third-order valence-electron chi connectivity index (χ3n) is 2.66. The highest BCUT2D eigenvalue weighted by Gasteiger charge is 2.04. The Morgan fingerprint density at radius 2 is 2.00 bits per heavy atom. The van der Waals surface area contributed by atoms with Crippen molar-refractivity contribution in [2.75, 3.05) is 7.05 Å². The lowest BCUT2D eigenvalue weighted by atomic mass is 10.0. The molecule has 0 aromatic heterocycles. The predicted molar refractivity (Wildman–Crippen MR) is 72.3 cm³/mol. The lowest BCUT2D eigenvalue weighted by molar-refractivity contribution is 1.10. The van der Waals surface area contributed by atoms with E-state index in [1.165, 1.54) is 22.4 Å². The molecule has 0 radical (unpaired) electrons. The molecule has 86 valence electrons. The van der Waals surface area contributed by atoms with Crippen LogP contribution in [0.5, 0.6) is 0 Å². The molecule has 0 fully saturated rings. The molecule has 0 saturated carbocycles. The number of nitrogens with one attached hydrogen (secondary N) is 1. The minimum atomic E-state index is 1.07. The molecule has 0 aliphatic rings. The van der Waals surface area contributed by atoms with Crippen LogP contribution < -0.4 is 5.32 Å². The van der Waals surface area contributed by atoms with Gasteiger partial charge in [0, 0.05) is 18.3 Å². The Morgan fingerprint density at radius 1 is 1.31 bits per heavy atom. The van der Waals surface area contributed by atoms with E-state index in [1.807, 2.05) is 7.05 Å². The molecule has 0 spiro atoms. The van der Waals surface area contributed by atoms with Gasteiger partial charge in [-0.05, 0) is 31.4 Å². The number of hydrogen-bond acceptors (Lipinski definition) is 1. The summed E-state index contributed by atoms with van der Waals surface area (Å²) < 4.78 is 0. The van der Waals surface area contributed by atoms with Crippen molar-refractivity contribution in [1.29, 1.82) is 0 Å². The number of rotatable bonds is 4. The van der Waals surface area contributed by atoms with E-state index >= 15 is 0 Å². The maximum atomic E-state index is 3.30. The predicted octanol–water partition coefficient (Wildman–Crippen LogP) is 3.91. The van der Waals surface area contributed by atoms with E-state index in [4.69, 9.17) is 0 Å². The Hall–Kier alpha value is -1.50. The van der Waals surface area contributed by atoms with Crippen LogP contribution in [0.3, 0.4) is 0 Å². The first-order chi connectivity index (χ1) is 7.70. The second-order valence-electron chi connectivity index (χ2n) is 3.93. The summed E-state index contributed by atoms with van der Waals surface area (Å²) in [5.74, 6) is 0. The van der Waals surface area contributed by atoms with Crippen molar-refractivity contribution in [3.63, 3.8) is 0 Å². The van der Waals surface area contributed by atoms with E-state index in [2.05, 4.69) is 62.5 Å². The topological polar surface area (TPSA) is 12.0 Å². The Kier molecular flexibility index (Phi) is 4.84. The van der Waals surface area contributed by atoms with Gasteiger partial charge in [0.1, 0.15) is 0 Å². The van der Waals surface area contributed by atoms with Crippen LogP contribution in [0.4, 0.5) is 0 Å². The first kappa shape index (κ1) is 12.6. The molecule has 1 heteroatoms. The van der Waals surface area contributed by atoms with Crippen LogP contribution in [-0.4, -0.2) is 7.05 Å². The molecular formula is C15H21N. The molecule has 1 aromatic rings. The number of benzene rings is 1. The highest BCUT2D eigenvalue weighted by molar-refractivity contribution is 5.70. The zero-order valence-electron chi connectivity index (χ0n) is 10.7. The van der Waals surface area contributed by atoms with Crippen molar-refractivity contribution in [3.05, 3.63) is 53.1 Å². The highest BCUT2D eigenvalue weighted by atomic mass is 14.8. The summed E-state index contributed by atoms with van der Waals surface area (Å²) >= 11 is 0.